The third-order valence-electron chi connectivity index (χ3n) is 7.41. The van der Waals surface area contributed by atoms with Gasteiger partial charge in [0.25, 0.3) is 0 Å². The molecule has 5 aromatic rings. The molecule has 5 rings (SSSR count). The van der Waals surface area contributed by atoms with Crippen molar-refractivity contribution < 1.29 is 19.7 Å². The lowest BCUT2D eigenvalue weighted by Gasteiger charge is -2.17. The van der Waals surface area contributed by atoms with Gasteiger partial charge < -0.3 is 14.9 Å². The number of benzene rings is 4. The van der Waals surface area contributed by atoms with Crippen molar-refractivity contribution >= 4 is 16.8 Å². The number of aryl methyl sites for hydroxylation is 1. The smallest absolute Gasteiger partial charge is 0.196 e. The number of ketones is 1. The van der Waals surface area contributed by atoms with E-state index in [9.17, 15) is 15.0 Å². The highest BCUT2D eigenvalue weighted by molar-refractivity contribution is 6.10. The van der Waals surface area contributed by atoms with Crippen molar-refractivity contribution in [3.63, 3.8) is 0 Å². The molecule has 42 heavy (non-hydrogen) atoms. The van der Waals surface area contributed by atoms with Crippen LogP contribution in [0.3, 0.4) is 0 Å². The van der Waals surface area contributed by atoms with E-state index in [1.807, 2.05) is 49.4 Å². The van der Waals surface area contributed by atoms with Crippen LogP contribution in [0.1, 0.15) is 78.1 Å². The van der Waals surface area contributed by atoms with Gasteiger partial charge in [0.1, 0.15) is 34.0 Å². The molecule has 2 N–H and O–H groups in total. The molecule has 0 spiro atoms. The minimum Gasteiger partial charge on any atom is -0.507 e. The van der Waals surface area contributed by atoms with E-state index in [0.29, 0.717) is 34.7 Å². The van der Waals surface area contributed by atoms with Gasteiger partial charge in [0, 0.05) is 23.6 Å². The Morgan fingerprint density at radius 1 is 0.810 bits per heavy atom. The second-order valence-corrected chi connectivity index (χ2v) is 10.7. The average molecular weight is 564 g/mol. The Morgan fingerprint density at radius 3 is 2.19 bits per heavy atom. The number of aromatic nitrogens is 3. The summed E-state index contributed by atoms with van der Waals surface area (Å²) in [6, 6.07) is 23.4. The number of hydrogen-bond donors (Lipinski definition) is 2. The van der Waals surface area contributed by atoms with Crippen molar-refractivity contribution in [3.05, 3.63) is 107 Å². The van der Waals surface area contributed by atoms with E-state index in [1.165, 1.54) is 30.1 Å². The Kier molecular flexibility index (Phi) is 9.17. The highest BCUT2D eigenvalue weighted by atomic mass is 16.5. The van der Waals surface area contributed by atoms with Gasteiger partial charge in [-0.15, -0.1) is 15.0 Å². The molecule has 1 aromatic heterocycles. The fraction of sp³-hybridized carbons (Fsp3) is 0.286. The molecule has 1 heterocycles. The second kappa shape index (κ2) is 13.3. The predicted molar refractivity (Wildman–Crippen MR) is 165 cm³/mol. The molecule has 216 valence electrons. The van der Waals surface area contributed by atoms with Gasteiger partial charge in [0.05, 0.1) is 12.2 Å². The van der Waals surface area contributed by atoms with Gasteiger partial charge in [-0.1, -0.05) is 87.6 Å². The second-order valence-electron chi connectivity index (χ2n) is 10.7. The largest absolute Gasteiger partial charge is 0.507 e. The average Bonchev–Trinajstić information content (AvgIpc) is 3.43. The number of nitrogens with zero attached hydrogens (tertiary/aromatic N) is 3. The third-order valence-corrected chi connectivity index (χ3v) is 7.41. The highest BCUT2D eigenvalue weighted by Crippen LogP contribution is 2.35. The zero-order chi connectivity index (χ0) is 29.5. The minimum absolute atomic E-state index is 0.0480. The van der Waals surface area contributed by atoms with E-state index in [4.69, 9.17) is 4.74 Å². The molecule has 0 aliphatic carbocycles. The summed E-state index contributed by atoms with van der Waals surface area (Å²) in [6.07, 6.45) is 7.06. The topological polar surface area (TPSA) is 97.5 Å². The molecule has 0 aliphatic heterocycles. The molecule has 0 fully saturated rings. The molecule has 0 atom stereocenters. The van der Waals surface area contributed by atoms with Gasteiger partial charge in [-0.2, -0.15) is 0 Å². The molecule has 7 heteroatoms. The molecule has 0 amide bonds. The standard InChI is InChI=1S/C35H37N3O4/c1-3-4-5-6-7-13-18-42-33-23-32(39)28(34(40)25-14-9-8-10-15-25)22-26(33)21-27-19-24(2)20-31(35(27)41)38-36-29-16-11-12-17-30(29)37-38/h8-12,14-17,19-20,22-23,39,41H,3-7,13,18,21H2,1-2H3. The van der Waals surface area contributed by atoms with Crippen LogP contribution in [0.5, 0.6) is 17.2 Å². The van der Waals surface area contributed by atoms with Gasteiger partial charge in [-0.25, -0.2) is 0 Å². The lowest BCUT2D eigenvalue weighted by molar-refractivity contribution is 0.103. The number of fused-ring (bicyclic) bond motifs is 1. The Morgan fingerprint density at radius 2 is 1.48 bits per heavy atom. The summed E-state index contributed by atoms with van der Waals surface area (Å²) < 4.78 is 6.18. The maximum atomic E-state index is 13.3. The number of aromatic hydroxyl groups is 2. The first-order valence-corrected chi connectivity index (χ1v) is 14.7. The summed E-state index contributed by atoms with van der Waals surface area (Å²) in [5.74, 6) is 0.133. The van der Waals surface area contributed by atoms with Crippen molar-refractivity contribution in [2.75, 3.05) is 6.61 Å². The predicted octanol–water partition coefficient (Wildman–Crippen LogP) is 7.70. The van der Waals surface area contributed by atoms with Gasteiger partial charge in [-0.3, -0.25) is 4.79 Å². The first kappa shape index (κ1) is 28.9. The Labute approximate surface area is 246 Å². The number of rotatable bonds is 13. The van der Waals surface area contributed by atoms with Crippen LogP contribution in [0.15, 0.2) is 78.9 Å². The molecule has 0 radical (unpaired) electrons. The van der Waals surface area contributed by atoms with Crippen LogP contribution in [0.2, 0.25) is 0 Å². The lowest BCUT2D eigenvalue weighted by Crippen LogP contribution is -2.07. The van der Waals surface area contributed by atoms with E-state index >= 15 is 0 Å². The van der Waals surface area contributed by atoms with Crippen LogP contribution >= 0.6 is 0 Å². The number of carbonyl (C=O) groups is 1. The molecule has 0 saturated carbocycles. The first-order valence-electron chi connectivity index (χ1n) is 14.7. The quantitative estimate of drug-likeness (QED) is 0.113. The molecular weight excluding hydrogens is 526 g/mol. The fourth-order valence-electron chi connectivity index (χ4n) is 5.17. The summed E-state index contributed by atoms with van der Waals surface area (Å²) in [5.41, 5.74) is 4.86. The lowest BCUT2D eigenvalue weighted by atomic mass is 9.95. The van der Waals surface area contributed by atoms with Crippen LogP contribution in [-0.2, 0) is 6.42 Å². The van der Waals surface area contributed by atoms with Crippen LogP contribution in [0.25, 0.3) is 16.7 Å². The maximum absolute atomic E-state index is 13.3. The van der Waals surface area contributed by atoms with E-state index in [2.05, 4.69) is 17.1 Å². The van der Waals surface area contributed by atoms with Crippen molar-refractivity contribution in [3.8, 4) is 22.9 Å². The number of phenolic OH excluding ortho intramolecular Hbond substituents is 2. The molecule has 0 aliphatic rings. The Hall–Kier alpha value is -4.65. The van der Waals surface area contributed by atoms with E-state index < -0.39 is 0 Å². The Balaban J connectivity index is 1.48. The van der Waals surface area contributed by atoms with Crippen molar-refractivity contribution in [2.45, 2.75) is 58.8 Å². The highest BCUT2D eigenvalue weighted by Gasteiger charge is 2.20. The fourth-order valence-corrected chi connectivity index (χ4v) is 5.17. The summed E-state index contributed by atoms with van der Waals surface area (Å²) in [7, 11) is 0. The molecule has 0 bridgehead atoms. The van der Waals surface area contributed by atoms with E-state index in [0.717, 1.165) is 35.9 Å². The molecule has 4 aromatic carbocycles. The Bertz CT molecular complexity index is 1640. The molecule has 0 saturated heterocycles. The van der Waals surface area contributed by atoms with Gasteiger partial charge >= 0.3 is 0 Å². The summed E-state index contributed by atoms with van der Waals surface area (Å²) in [6.45, 7) is 4.65. The SMILES string of the molecule is CCCCCCCCOc1cc(O)c(C(=O)c2ccccc2)cc1Cc1cc(C)cc(-n2nc3ccccc3n2)c1O. The third kappa shape index (κ3) is 6.62. The van der Waals surface area contributed by atoms with Gasteiger partial charge in [0.15, 0.2) is 5.78 Å². The van der Waals surface area contributed by atoms with Crippen LogP contribution in [-0.4, -0.2) is 37.6 Å². The van der Waals surface area contributed by atoms with Crippen LogP contribution in [0.4, 0.5) is 0 Å². The summed E-state index contributed by atoms with van der Waals surface area (Å²) >= 11 is 0. The normalized spacial score (nSPS) is 11.2. The van der Waals surface area contributed by atoms with Crippen molar-refractivity contribution in [1.82, 2.24) is 15.0 Å². The number of unbranched alkanes of at least 4 members (excludes halogenated alkanes) is 5. The number of hydrogen-bond acceptors (Lipinski definition) is 6. The maximum Gasteiger partial charge on any atom is 0.196 e. The van der Waals surface area contributed by atoms with Crippen LogP contribution < -0.4 is 4.74 Å². The zero-order valence-electron chi connectivity index (χ0n) is 24.2. The van der Waals surface area contributed by atoms with Gasteiger partial charge in [0.2, 0.25) is 0 Å². The van der Waals surface area contributed by atoms with Crippen molar-refractivity contribution in [1.29, 1.82) is 0 Å². The minimum atomic E-state index is -0.279. The monoisotopic (exact) mass is 563 g/mol. The number of carbonyl (C=O) groups excluding carboxylic acids is 1. The van der Waals surface area contributed by atoms with Crippen molar-refractivity contribution in [2.24, 2.45) is 0 Å². The van der Waals surface area contributed by atoms with Gasteiger partial charge in [-0.05, 0) is 48.7 Å². The van der Waals surface area contributed by atoms with E-state index in [-0.39, 0.29) is 29.3 Å². The number of ether oxygens (including phenoxy) is 1. The number of phenols is 2. The molecular formula is C35H37N3O4. The summed E-state index contributed by atoms with van der Waals surface area (Å²) in [4.78, 5) is 14.8. The van der Waals surface area contributed by atoms with E-state index in [1.54, 1.807) is 30.3 Å². The molecule has 7 nitrogen and oxygen atoms in total. The zero-order valence-corrected chi connectivity index (χ0v) is 24.2. The molecule has 0 unspecified atom stereocenters. The summed E-state index contributed by atoms with van der Waals surface area (Å²) in [5, 5.41) is 31.4. The first-order chi connectivity index (χ1) is 20.4. The van der Waals surface area contributed by atoms with Crippen LogP contribution in [0, 0.1) is 6.92 Å².